The molecule has 1 saturated carbocycles. The van der Waals surface area contributed by atoms with Crippen LogP contribution >= 0.6 is 0 Å². The Morgan fingerprint density at radius 2 is 1.65 bits per heavy atom. The third-order valence-electron chi connectivity index (χ3n) is 4.23. The van der Waals surface area contributed by atoms with Crippen LogP contribution in [-0.4, -0.2) is 12.6 Å². The Hall–Kier alpha value is -0.0400. The van der Waals surface area contributed by atoms with Crippen molar-refractivity contribution in [2.45, 2.75) is 84.6 Å². The minimum absolute atomic E-state index is 0.803. The normalized spacial score (nSPS) is 20.5. The zero-order valence-corrected chi connectivity index (χ0v) is 12.3. The van der Waals surface area contributed by atoms with Gasteiger partial charge in [0.05, 0.1) is 0 Å². The van der Waals surface area contributed by atoms with Crippen LogP contribution in [-0.2, 0) is 0 Å². The maximum Gasteiger partial charge on any atom is 0.00952 e. The molecule has 1 N–H and O–H groups in total. The molecule has 0 aromatic carbocycles. The second kappa shape index (κ2) is 8.97. The summed E-state index contributed by atoms with van der Waals surface area (Å²) in [5.41, 5.74) is 0. The molecule has 0 saturated heterocycles. The van der Waals surface area contributed by atoms with Gasteiger partial charge in [-0.25, -0.2) is 0 Å². The fraction of sp³-hybridized carbons (Fsp3) is 1.00. The lowest BCUT2D eigenvalue weighted by Crippen LogP contribution is -2.36. The van der Waals surface area contributed by atoms with Gasteiger partial charge in [0.15, 0.2) is 0 Å². The first-order valence-corrected chi connectivity index (χ1v) is 7.97. The summed E-state index contributed by atoms with van der Waals surface area (Å²) < 4.78 is 0. The van der Waals surface area contributed by atoms with Crippen LogP contribution in [0.1, 0.15) is 78.6 Å². The predicted molar refractivity (Wildman–Crippen MR) is 77.3 cm³/mol. The van der Waals surface area contributed by atoms with Crippen molar-refractivity contribution in [1.82, 2.24) is 5.32 Å². The maximum absolute atomic E-state index is 3.75. The third-order valence-corrected chi connectivity index (χ3v) is 4.23. The van der Waals surface area contributed by atoms with Crippen LogP contribution in [0.25, 0.3) is 0 Å². The Morgan fingerprint density at radius 3 is 2.18 bits per heavy atom. The van der Waals surface area contributed by atoms with Gasteiger partial charge < -0.3 is 5.32 Å². The van der Waals surface area contributed by atoms with E-state index >= 15 is 0 Å². The molecule has 1 aliphatic carbocycles. The lowest BCUT2D eigenvalue weighted by Gasteiger charge is -2.27. The van der Waals surface area contributed by atoms with E-state index in [-0.39, 0.29) is 0 Å². The quantitative estimate of drug-likeness (QED) is 0.632. The summed E-state index contributed by atoms with van der Waals surface area (Å²) in [6.45, 7) is 8.08. The van der Waals surface area contributed by atoms with Crippen LogP contribution in [0.5, 0.6) is 0 Å². The maximum atomic E-state index is 3.75. The third kappa shape index (κ3) is 6.45. The molecule has 1 heteroatoms. The Balaban J connectivity index is 2.33. The number of rotatable bonds is 7. The topological polar surface area (TPSA) is 12.0 Å². The summed E-state index contributed by atoms with van der Waals surface area (Å²) in [7, 11) is 0. The highest BCUT2D eigenvalue weighted by molar-refractivity contribution is 4.78. The van der Waals surface area contributed by atoms with Crippen molar-refractivity contribution in [3.63, 3.8) is 0 Å². The summed E-state index contributed by atoms with van der Waals surface area (Å²) in [6.07, 6.45) is 13.0. The Labute approximate surface area is 109 Å². The second-order valence-electron chi connectivity index (χ2n) is 6.24. The average molecular weight is 239 g/mol. The molecule has 1 fully saturated rings. The number of hydrogen-bond acceptors (Lipinski definition) is 1. The zero-order chi connectivity index (χ0) is 12.5. The van der Waals surface area contributed by atoms with Gasteiger partial charge in [0, 0.05) is 6.04 Å². The zero-order valence-electron chi connectivity index (χ0n) is 12.3. The van der Waals surface area contributed by atoms with E-state index in [4.69, 9.17) is 0 Å². The van der Waals surface area contributed by atoms with Gasteiger partial charge in [-0.2, -0.15) is 0 Å². The molecule has 0 spiro atoms. The average Bonchev–Trinajstić information content (AvgIpc) is 2.56. The van der Waals surface area contributed by atoms with Gasteiger partial charge in [0.25, 0.3) is 0 Å². The molecule has 0 bridgehead atoms. The Morgan fingerprint density at radius 1 is 1.00 bits per heavy atom. The van der Waals surface area contributed by atoms with Crippen molar-refractivity contribution in [2.75, 3.05) is 6.54 Å². The van der Waals surface area contributed by atoms with Gasteiger partial charge in [-0.1, -0.05) is 59.3 Å². The first-order valence-electron chi connectivity index (χ1n) is 7.97. The van der Waals surface area contributed by atoms with Crippen molar-refractivity contribution in [3.05, 3.63) is 0 Å². The molecule has 1 rings (SSSR count). The number of hydrogen-bond donors (Lipinski definition) is 1. The highest BCUT2D eigenvalue weighted by Crippen LogP contribution is 2.28. The largest absolute Gasteiger partial charge is 0.314 e. The van der Waals surface area contributed by atoms with Crippen LogP contribution < -0.4 is 5.32 Å². The van der Waals surface area contributed by atoms with Crippen LogP contribution in [0.4, 0.5) is 0 Å². The molecular weight excluding hydrogens is 206 g/mol. The van der Waals surface area contributed by atoms with E-state index in [2.05, 4.69) is 26.1 Å². The smallest absolute Gasteiger partial charge is 0.00952 e. The summed E-state index contributed by atoms with van der Waals surface area (Å²) in [5, 5.41) is 3.75. The minimum Gasteiger partial charge on any atom is -0.314 e. The first kappa shape index (κ1) is 15.0. The summed E-state index contributed by atoms with van der Waals surface area (Å²) >= 11 is 0. The summed E-state index contributed by atoms with van der Waals surface area (Å²) in [4.78, 5) is 0. The molecule has 1 aliphatic rings. The molecule has 1 unspecified atom stereocenters. The van der Waals surface area contributed by atoms with Crippen LogP contribution in [0.2, 0.25) is 0 Å². The van der Waals surface area contributed by atoms with Gasteiger partial charge >= 0.3 is 0 Å². The van der Waals surface area contributed by atoms with E-state index in [0.717, 1.165) is 24.4 Å². The van der Waals surface area contributed by atoms with E-state index in [1.54, 1.807) is 0 Å². The molecule has 1 atom stereocenters. The highest BCUT2D eigenvalue weighted by atomic mass is 14.9. The molecule has 0 amide bonds. The van der Waals surface area contributed by atoms with Crippen LogP contribution in [0, 0.1) is 11.8 Å². The second-order valence-corrected chi connectivity index (χ2v) is 6.24. The van der Waals surface area contributed by atoms with Gasteiger partial charge in [-0.3, -0.25) is 0 Å². The SMILES string of the molecule is CCNC(CCCC(C)C)C1CCCCCC1. The molecule has 1 nitrogen and oxygen atoms in total. The highest BCUT2D eigenvalue weighted by Gasteiger charge is 2.21. The fourth-order valence-electron chi connectivity index (χ4n) is 3.23. The molecule has 17 heavy (non-hydrogen) atoms. The van der Waals surface area contributed by atoms with Gasteiger partial charge in [-0.05, 0) is 37.6 Å². The van der Waals surface area contributed by atoms with Crippen molar-refractivity contribution in [3.8, 4) is 0 Å². The molecule has 0 heterocycles. The Kier molecular flexibility index (Phi) is 7.92. The molecular formula is C16H33N. The molecule has 0 aliphatic heterocycles. The first-order chi connectivity index (χ1) is 8.24. The lowest BCUT2D eigenvalue weighted by atomic mass is 9.88. The molecule has 0 aromatic rings. The van der Waals surface area contributed by atoms with Crippen molar-refractivity contribution >= 4 is 0 Å². The van der Waals surface area contributed by atoms with E-state index in [1.165, 1.54) is 57.8 Å². The van der Waals surface area contributed by atoms with E-state index in [0.29, 0.717) is 0 Å². The van der Waals surface area contributed by atoms with Gasteiger partial charge in [0.1, 0.15) is 0 Å². The van der Waals surface area contributed by atoms with E-state index < -0.39 is 0 Å². The molecule has 0 aromatic heterocycles. The van der Waals surface area contributed by atoms with Crippen LogP contribution in [0.3, 0.4) is 0 Å². The van der Waals surface area contributed by atoms with Crippen molar-refractivity contribution in [1.29, 1.82) is 0 Å². The Bertz CT molecular complexity index is 168. The number of nitrogens with one attached hydrogen (secondary N) is 1. The lowest BCUT2D eigenvalue weighted by molar-refractivity contribution is 0.297. The predicted octanol–water partition coefficient (Wildman–Crippen LogP) is 4.76. The monoisotopic (exact) mass is 239 g/mol. The van der Waals surface area contributed by atoms with Gasteiger partial charge in [0.2, 0.25) is 0 Å². The van der Waals surface area contributed by atoms with E-state index in [9.17, 15) is 0 Å². The van der Waals surface area contributed by atoms with Crippen molar-refractivity contribution in [2.24, 2.45) is 11.8 Å². The van der Waals surface area contributed by atoms with Gasteiger partial charge in [-0.15, -0.1) is 0 Å². The summed E-state index contributed by atoms with van der Waals surface area (Å²) in [5.74, 6) is 1.83. The van der Waals surface area contributed by atoms with E-state index in [1.807, 2.05) is 0 Å². The standard InChI is InChI=1S/C16H33N/c1-4-17-16(13-9-10-14(2)3)15-11-7-5-6-8-12-15/h14-17H,4-13H2,1-3H3. The minimum atomic E-state index is 0.803. The fourth-order valence-corrected chi connectivity index (χ4v) is 3.23. The van der Waals surface area contributed by atoms with Crippen molar-refractivity contribution < 1.29 is 0 Å². The molecule has 0 radical (unpaired) electrons. The van der Waals surface area contributed by atoms with Crippen LogP contribution in [0.15, 0.2) is 0 Å². The molecule has 102 valence electrons. The summed E-state index contributed by atoms with van der Waals surface area (Å²) in [6, 6.07) is 0.803.